The molecule has 0 aromatic carbocycles. The highest BCUT2D eigenvalue weighted by Gasteiger charge is 2.25. The Bertz CT molecular complexity index is 895. The Balaban J connectivity index is 4.07. The van der Waals surface area contributed by atoms with Crippen molar-refractivity contribution < 1.29 is 32.8 Å². The van der Waals surface area contributed by atoms with E-state index in [9.17, 15) is 14.3 Å². The van der Waals surface area contributed by atoms with Gasteiger partial charge in [-0.15, -0.1) is 0 Å². The molecule has 0 bridgehead atoms. The number of carbonyl (C=O) groups excluding carboxylic acids is 1. The van der Waals surface area contributed by atoms with Gasteiger partial charge in [-0.1, -0.05) is 167 Å². The number of phosphoric acid groups is 1. The Morgan fingerprint density at radius 2 is 1.04 bits per heavy atom. The first-order chi connectivity index (χ1) is 25.4. The van der Waals surface area contributed by atoms with Gasteiger partial charge in [-0.3, -0.25) is 13.8 Å². The summed E-state index contributed by atoms with van der Waals surface area (Å²) in [6, 6.07) is 0. The van der Waals surface area contributed by atoms with E-state index < -0.39 is 13.9 Å². The SMILES string of the molecule is CCCCC/C=C\C/C=C\CCCCCCCCCCCC(=O)O[C@H](CO/C=C\CCCCCCCCCCCCCC)COP(=O)(O)OCCN. The van der Waals surface area contributed by atoms with Gasteiger partial charge in [0.05, 0.1) is 19.5 Å². The van der Waals surface area contributed by atoms with Crippen molar-refractivity contribution in [3.8, 4) is 0 Å². The first-order valence-electron chi connectivity index (χ1n) is 21.5. The molecule has 0 spiro atoms. The first-order valence-corrected chi connectivity index (χ1v) is 23.0. The van der Waals surface area contributed by atoms with Crippen LogP contribution in [-0.4, -0.2) is 43.3 Å². The van der Waals surface area contributed by atoms with Gasteiger partial charge in [0.15, 0.2) is 6.10 Å². The second-order valence-corrected chi connectivity index (χ2v) is 15.7. The maximum absolute atomic E-state index is 12.6. The maximum atomic E-state index is 12.6. The van der Waals surface area contributed by atoms with Gasteiger partial charge in [0, 0.05) is 13.0 Å². The number of phosphoric ester groups is 1. The molecule has 0 rings (SSSR count). The van der Waals surface area contributed by atoms with Crippen LogP contribution in [0.1, 0.15) is 200 Å². The van der Waals surface area contributed by atoms with Crippen molar-refractivity contribution >= 4 is 13.8 Å². The zero-order valence-corrected chi connectivity index (χ0v) is 34.7. The molecule has 0 fully saturated rings. The van der Waals surface area contributed by atoms with Crippen molar-refractivity contribution in [1.82, 2.24) is 0 Å². The van der Waals surface area contributed by atoms with Crippen molar-refractivity contribution in [3.63, 3.8) is 0 Å². The smallest absolute Gasteiger partial charge is 0.472 e. The fourth-order valence-electron chi connectivity index (χ4n) is 5.93. The summed E-state index contributed by atoms with van der Waals surface area (Å²) in [6.07, 6.45) is 46.8. The van der Waals surface area contributed by atoms with Gasteiger partial charge >= 0.3 is 13.8 Å². The normalized spacial score (nSPS) is 13.8. The van der Waals surface area contributed by atoms with E-state index in [4.69, 9.17) is 24.3 Å². The third-order valence-electron chi connectivity index (χ3n) is 9.12. The highest BCUT2D eigenvalue weighted by atomic mass is 31.2. The summed E-state index contributed by atoms with van der Waals surface area (Å²) in [4.78, 5) is 22.4. The number of carbonyl (C=O) groups is 1. The quantitative estimate of drug-likeness (QED) is 0.0208. The van der Waals surface area contributed by atoms with Crippen molar-refractivity contribution in [1.29, 1.82) is 0 Å². The van der Waals surface area contributed by atoms with Crippen LogP contribution >= 0.6 is 7.82 Å². The van der Waals surface area contributed by atoms with Crippen molar-refractivity contribution in [2.75, 3.05) is 26.4 Å². The molecule has 0 saturated heterocycles. The van der Waals surface area contributed by atoms with Crippen molar-refractivity contribution in [3.05, 3.63) is 36.6 Å². The summed E-state index contributed by atoms with van der Waals surface area (Å²) in [6.45, 7) is 4.22. The second-order valence-electron chi connectivity index (χ2n) is 14.3. The van der Waals surface area contributed by atoms with Crippen LogP contribution in [0.15, 0.2) is 36.6 Å². The van der Waals surface area contributed by atoms with Gasteiger partial charge in [-0.25, -0.2) is 4.57 Å². The minimum atomic E-state index is -4.29. The Morgan fingerprint density at radius 3 is 1.56 bits per heavy atom. The van der Waals surface area contributed by atoms with Crippen LogP contribution < -0.4 is 5.73 Å². The van der Waals surface area contributed by atoms with E-state index in [1.165, 1.54) is 141 Å². The van der Waals surface area contributed by atoms with Crippen LogP contribution in [0.2, 0.25) is 0 Å². The molecule has 9 heteroatoms. The van der Waals surface area contributed by atoms with Gasteiger partial charge in [-0.05, 0) is 57.4 Å². The highest BCUT2D eigenvalue weighted by molar-refractivity contribution is 7.47. The van der Waals surface area contributed by atoms with Crippen LogP contribution in [0.4, 0.5) is 0 Å². The van der Waals surface area contributed by atoms with Crippen LogP contribution in [0, 0.1) is 0 Å². The maximum Gasteiger partial charge on any atom is 0.472 e. The van der Waals surface area contributed by atoms with Gasteiger partial charge in [0.2, 0.25) is 0 Å². The minimum absolute atomic E-state index is 0.0321. The Kier molecular flexibility index (Phi) is 39.6. The minimum Gasteiger partial charge on any atom is -0.498 e. The Hall–Kier alpha value is -1.44. The lowest BCUT2D eigenvalue weighted by molar-refractivity contribution is -0.153. The summed E-state index contributed by atoms with van der Waals surface area (Å²) in [5.41, 5.74) is 5.36. The molecule has 0 aromatic heterocycles. The molecule has 0 amide bonds. The lowest BCUT2D eigenvalue weighted by Crippen LogP contribution is -2.27. The summed E-state index contributed by atoms with van der Waals surface area (Å²) < 4.78 is 33.2. The molecule has 8 nitrogen and oxygen atoms in total. The van der Waals surface area contributed by atoms with Gasteiger partial charge in [0.1, 0.15) is 6.61 Å². The third-order valence-corrected chi connectivity index (χ3v) is 10.1. The Labute approximate surface area is 320 Å². The van der Waals surface area contributed by atoms with E-state index >= 15 is 0 Å². The van der Waals surface area contributed by atoms with E-state index in [0.29, 0.717) is 6.42 Å². The van der Waals surface area contributed by atoms with E-state index in [-0.39, 0.29) is 32.3 Å². The predicted octanol–water partition coefficient (Wildman–Crippen LogP) is 13.0. The molecule has 0 radical (unpaired) electrons. The molecular formula is C43H82NO7P. The first kappa shape index (κ1) is 50.6. The van der Waals surface area contributed by atoms with E-state index in [2.05, 4.69) is 38.2 Å². The molecule has 52 heavy (non-hydrogen) atoms. The number of esters is 1. The number of allylic oxidation sites excluding steroid dienone is 5. The molecule has 2 atom stereocenters. The molecule has 3 N–H and O–H groups in total. The van der Waals surface area contributed by atoms with Crippen LogP contribution in [0.5, 0.6) is 0 Å². The largest absolute Gasteiger partial charge is 0.498 e. The zero-order chi connectivity index (χ0) is 38.1. The lowest BCUT2D eigenvalue weighted by Gasteiger charge is -2.19. The molecule has 0 aliphatic rings. The number of hydrogen-bond acceptors (Lipinski definition) is 7. The molecule has 0 aliphatic heterocycles. The van der Waals surface area contributed by atoms with Gasteiger partial charge < -0.3 is 20.1 Å². The molecule has 0 heterocycles. The zero-order valence-electron chi connectivity index (χ0n) is 33.8. The van der Waals surface area contributed by atoms with Crippen LogP contribution in [0.25, 0.3) is 0 Å². The monoisotopic (exact) mass is 756 g/mol. The standard InChI is InChI=1S/C43H82NO7P/c1-3-5-7-9-11-13-15-17-19-20-21-22-23-24-26-28-30-32-34-36-43(45)51-42(41-50-52(46,47)49-39-37-44)40-48-38-35-33-31-29-27-25-18-16-14-12-10-8-6-4-2/h11,13,17,19,35,38,42H,3-10,12,14-16,18,20-34,36-37,39-41,44H2,1-2H3,(H,46,47)/b13-11-,19-17-,38-35-/t42-/m1/s1. The molecule has 0 aromatic rings. The van der Waals surface area contributed by atoms with Gasteiger partial charge in [0.25, 0.3) is 0 Å². The number of rotatable bonds is 41. The second kappa shape index (κ2) is 40.7. The molecule has 306 valence electrons. The fourth-order valence-corrected chi connectivity index (χ4v) is 6.70. The average Bonchev–Trinajstić information content (AvgIpc) is 3.13. The molecule has 0 saturated carbocycles. The number of nitrogens with two attached hydrogens (primary N) is 1. The fraction of sp³-hybridized carbons (Fsp3) is 0.837. The third kappa shape index (κ3) is 39.8. The van der Waals surface area contributed by atoms with Crippen molar-refractivity contribution in [2.24, 2.45) is 5.73 Å². The summed E-state index contributed by atoms with van der Waals surface area (Å²) in [5, 5.41) is 0. The summed E-state index contributed by atoms with van der Waals surface area (Å²) >= 11 is 0. The van der Waals surface area contributed by atoms with Crippen LogP contribution in [0.3, 0.4) is 0 Å². The van der Waals surface area contributed by atoms with Gasteiger partial charge in [-0.2, -0.15) is 0 Å². The summed E-state index contributed by atoms with van der Waals surface area (Å²) in [7, 11) is -4.29. The predicted molar refractivity (Wildman–Crippen MR) is 219 cm³/mol. The van der Waals surface area contributed by atoms with E-state index in [1.54, 1.807) is 6.26 Å². The molecule has 1 unspecified atom stereocenters. The van der Waals surface area contributed by atoms with Crippen LogP contribution in [-0.2, 0) is 27.9 Å². The topological polar surface area (TPSA) is 117 Å². The lowest BCUT2D eigenvalue weighted by atomic mass is 10.0. The highest BCUT2D eigenvalue weighted by Crippen LogP contribution is 2.43. The Morgan fingerprint density at radius 1 is 0.596 bits per heavy atom. The molecular weight excluding hydrogens is 673 g/mol. The van der Waals surface area contributed by atoms with Crippen molar-refractivity contribution in [2.45, 2.75) is 206 Å². The number of ether oxygens (including phenoxy) is 2. The average molecular weight is 756 g/mol. The number of hydrogen-bond donors (Lipinski definition) is 2. The van der Waals surface area contributed by atoms with E-state index in [0.717, 1.165) is 38.5 Å². The molecule has 0 aliphatic carbocycles. The number of unbranched alkanes of at least 4 members (excludes halogenated alkanes) is 24. The summed E-state index contributed by atoms with van der Waals surface area (Å²) in [5.74, 6) is -0.356. The van der Waals surface area contributed by atoms with E-state index in [1.807, 2.05) is 6.08 Å².